The molecule has 0 heterocycles. The van der Waals surface area contributed by atoms with Gasteiger partial charge in [-0.3, -0.25) is 0 Å². The van der Waals surface area contributed by atoms with Crippen molar-refractivity contribution in [1.82, 2.24) is 4.72 Å². The van der Waals surface area contributed by atoms with E-state index in [2.05, 4.69) is 4.72 Å². The van der Waals surface area contributed by atoms with Crippen LogP contribution in [0.1, 0.15) is 18.1 Å². The molecule has 0 aliphatic rings. The number of methoxy groups -OCH3 is 1. The molecule has 0 unspecified atom stereocenters. The monoisotopic (exact) mass is 341 g/mol. The second kappa shape index (κ2) is 6.95. The molecule has 22 heavy (non-hydrogen) atoms. The van der Waals surface area contributed by atoms with Crippen molar-refractivity contribution in [2.75, 3.05) is 20.3 Å². The van der Waals surface area contributed by atoms with E-state index in [4.69, 9.17) is 4.74 Å². The van der Waals surface area contributed by atoms with Crippen molar-refractivity contribution >= 4 is 10.0 Å². The van der Waals surface area contributed by atoms with Gasteiger partial charge < -0.3 is 9.84 Å². The van der Waals surface area contributed by atoms with Crippen molar-refractivity contribution < 1.29 is 31.4 Å². The van der Waals surface area contributed by atoms with E-state index >= 15 is 0 Å². The zero-order valence-electron chi connectivity index (χ0n) is 12.1. The van der Waals surface area contributed by atoms with Crippen LogP contribution in [0, 0.1) is 0 Å². The molecule has 0 amide bonds. The van der Waals surface area contributed by atoms with Crippen molar-refractivity contribution in [1.29, 1.82) is 0 Å². The van der Waals surface area contributed by atoms with Gasteiger partial charge in [0.05, 0.1) is 23.5 Å². The fourth-order valence-electron chi connectivity index (χ4n) is 1.69. The predicted octanol–water partition coefficient (Wildman–Crippen LogP) is 1.52. The van der Waals surface area contributed by atoms with E-state index in [9.17, 15) is 26.7 Å². The van der Waals surface area contributed by atoms with Gasteiger partial charge in [-0.05, 0) is 24.6 Å². The SMILES string of the molecule is COC[C@@](C)(O)CNS(=O)(=O)Cc1ccc(C(F)(F)F)cc1. The largest absolute Gasteiger partial charge is 0.416 e. The van der Waals surface area contributed by atoms with Crippen LogP contribution in [0.4, 0.5) is 13.2 Å². The van der Waals surface area contributed by atoms with E-state index in [1.165, 1.54) is 14.0 Å². The smallest absolute Gasteiger partial charge is 0.386 e. The molecular weight excluding hydrogens is 323 g/mol. The van der Waals surface area contributed by atoms with Crippen molar-refractivity contribution in [2.24, 2.45) is 0 Å². The van der Waals surface area contributed by atoms with E-state index < -0.39 is 33.1 Å². The van der Waals surface area contributed by atoms with Crippen LogP contribution < -0.4 is 4.72 Å². The van der Waals surface area contributed by atoms with Crippen molar-refractivity contribution in [3.05, 3.63) is 35.4 Å². The molecule has 0 bridgehead atoms. The number of hydrogen-bond acceptors (Lipinski definition) is 4. The van der Waals surface area contributed by atoms with Gasteiger partial charge in [0.2, 0.25) is 10.0 Å². The van der Waals surface area contributed by atoms with Crippen molar-refractivity contribution in [3.8, 4) is 0 Å². The van der Waals surface area contributed by atoms with E-state index in [1.54, 1.807) is 0 Å². The van der Waals surface area contributed by atoms with Gasteiger partial charge in [-0.1, -0.05) is 12.1 Å². The van der Waals surface area contributed by atoms with Gasteiger partial charge in [0.25, 0.3) is 0 Å². The first kappa shape index (κ1) is 18.9. The van der Waals surface area contributed by atoms with Crippen LogP contribution in [0.5, 0.6) is 0 Å². The van der Waals surface area contributed by atoms with Crippen LogP contribution in [0.25, 0.3) is 0 Å². The van der Waals surface area contributed by atoms with Gasteiger partial charge in [0.15, 0.2) is 0 Å². The topological polar surface area (TPSA) is 75.6 Å². The molecule has 9 heteroatoms. The Morgan fingerprint density at radius 1 is 1.23 bits per heavy atom. The van der Waals surface area contributed by atoms with Crippen LogP contribution in [-0.4, -0.2) is 39.4 Å². The van der Waals surface area contributed by atoms with Gasteiger partial charge in [-0.25, -0.2) is 13.1 Å². The summed E-state index contributed by atoms with van der Waals surface area (Å²) in [6.07, 6.45) is -4.46. The highest BCUT2D eigenvalue weighted by atomic mass is 32.2. The Labute approximate surface area is 127 Å². The standard InChI is InChI=1S/C13H18F3NO4S/c1-12(18,9-21-2)8-17-22(19,20)7-10-3-5-11(6-4-10)13(14,15)16/h3-6,17-18H,7-9H2,1-2H3/t12-/m0/s1. The predicted molar refractivity (Wildman–Crippen MR) is 74.6 cm³/mol. The number of alkyl halides is 3. The van der Waals surface area contributed by atoms with Crippen LogP contribution in [0.3, 0.4) is 0 Å². The maximum absolute atomic E-state index is 12.4. The molecule has 0 aliphatic heterocycles. The summed E-state index contributed by atoms with van der Waals surface area (Å²) in [5, 5.41) is 9.79. The number of benzene rings is 1. The lowest BCUT2D eigenvalue weighted by Crippen LogP contribution is -2.44. The van der Waals surface area contributed by atoms with Crippen LogP contribution in [-0.2, 0) is 26.7 Å². The highest BCUT2D eigenvalue weighted by Crippen LogP contribution is 2.29. The first-order valence-electron chi connectivity index (χ1n) is 6.30. The highest BCUT2D eigenvalue weighted by molar-refractivity contribution is 7.88. The number of halogens is 3. The summed E-state index contributed by atoms with van der Waals surface area (Å²) in [6, 6.07) is 3.86. The number of ether oxygens (including phenoxy) is 1. The second-order valence-corrected chi connectivity index (χ2v) is 7.01. The molecule has 1 aromatic rings. The minimum absolute atomic E-state index is 0.0597. The number of rotatable bonds is 7. The maximum atomic E-state index is 12.4. The summed E-state index contributed by atoms with van der Waals surface area (Å²) in [4.78, 5) is 0. The summed E-state index contributed by atoms with van der Waals surface area (Å²) in [5.74, 6) is -0.478. The van der Waals surface area contributed by atoms with Crippen LogP contribution in [0.15, 0.2) is 24.3 Å². The third-order valence-corrected chi connectivity index (χ3v) is 4.06. The van der Waals surface area contributed by atoms with Gasteiger partial charge in [0, 0.05) is 13.7 Å². The molecule has 5 nitrogen and oxygen atoms in total. The van der Waals surface area contributed by atoms with E-state index in [0.29, 0.717) is 0 Å². The van der Waals surface area contributed by atoms with Gasteiger partial charge >= 0.3 is 6.18 Å². The zero-order chi connectivity index (χ0) is 17.0. The Balaban J connectivity index is 2.69. The molecule has 0 aliphatic carbocycles. The van der Waals surface area contributed by atoms with Crippen LogP contribution in [0.2, 0.25) is 0 Å². The lowest BCUT2D eigenvalue weighted by molar-refractivity contribution is -0.137. The van der Waals surface area contributed by atoms with Gasteiger partial charge in [0.1, 0.15) is 0 Å². The van der Waals surface area contributed by atoms with Crippen LogP contribution >= 0.6 is 0 Å². The maximum Gasteiger partial charge on any atom is 0.416 e. The summed E-state index contributed by atoms with van der Waals surface area (Å²) in [5.41, 5.74) is -2.00. The van der Waals surface area contributed by atoms with E-state index in [0.717, 1.165) is 24.3 Å². The quantitative estimate of drug-likeness (QED) is 0.788. The molecule has 0 fully saturated rings. The number of nitrogens with one attached hydrogen (secondary N) is 1. The summed E-state index contributed by atoms with van der Waals surface area (Å²) in [6.45, 7) is 1.08. The molecule has 126 valence electrons. The first-order chi connectivity index (χ1) is 9.95. The van der Waals surface area contributed by atoms with Gasteiger partial charge in [-0.15, -0.1) is 0 Å². The average molecular weight is 341 g/mol. The number of aliphatic hydroxyl groups is 1. The van der Waals surface area contributed by atoms with E-state index in [1.807, 2.05) is 0 Å². The Bertz CT molecular complexity index is 582. The molecule has 0 saturated heterocycles. The molecule has 1 atom stereocenters. The van der Waals surface area contributed by atoms with Crippen molar-refractivity contribution in [3.63, 3.8) is 0 Å². The number of sulfonamides is 1. The molecule has 0 spiro atoms. The molecule has 1 rings (SSSR count). The average Bonchev–Trinajstić information content (AvgIpc) is 2.36. The first-order valence-corrected chi connectivity index (χ1v) is 7.95. The summed E-state index contributed by atoms with van der Waals surface area (Å²) < 4.78 is 67.9. The van der Waals surface area contributed by atoms with Gasteiger partial charge in [-0.2, -0.15) is 13.2 Å². The molecule has 1 aromatic carbocycles. The number of hydrogen-bond donors (Lipinski definition) is 2. The lowest BCUT2D eigenvalue weighted by Gasteiger charge is -2.22. The Morgan fingerprint density at radius 3 is 2.23 bits per heavy atom. The molecule has 2 N–H and O–H groups in total. The third-order valence-electron chi connectivity index (χ3n) is 2.77. The Hall–Kier alpha value is -1.16. The molecule has 0 aromatic heterocycles. The fourth-order valence-corrected chi connectivity index (χ4v) is 2.95. The zero-order valence-corrected chi connectivity index (χ0v) is 13.0. The second-order valence-electron chi connectivity index (χ2n) is 5.20. The Kier molecular flexibility index (Phi) is 5.96. The normalized spacial score (nSPS) is 15.5. The molecule has 0 saturated carbocycles. The highest BCUT2D eigenvalue weighted by Gasteiger charge is 2.30. The molecular formula is C13H18F3NO4S. The van der Waals surface area contributed by atoms with E-state index in [-0.39, 0.29) is 18.7 Å². The minimum atomic E-state index is -4.46. The van der Waals surface area contributed by atoms with Crippen molar-refractivity contribution in [2.45, 2.75) is 24.5 Å². The minimum Gasteiger partial charge on any atom is -0.386 e. The Morgan fingerprint density at radius 2 is 1.77 bits per heavy atom. The molecule has 0 radical (unpaired) electrons. The lowest BCUT2D eigenvalue weighted by atomic mass is 10.1. The third kappa shape index (κ3) is 6.30. The fraction of sp³-hybridized carbons (Fsp3) is 0.538. The summed E-state index contributed by atoms with van der Waals surface area (Å²) in [7, 11) is -2.42. The summed E-state index contributed by atoms with van der Waals surface area (Å²) >= 11 is 0.